The van der Waals surface area contributed by atoms with Crippen LogP contribution in [0.15, 0.2) is 18.2 Å². The topological polar surface area (TPSA) is 20.2 Å². The monoisotopic (exact) mass is 272 g/mol. The van der Waals surface area contributed by atoms with Crippen LogP contribution >= 0.6 is 11.6 Å². The van der Waals surface area contributed by atoms with Crippen LogP contribution in [0.5, 0.6) is 0 Å². The first-order valence-corrected chi connectivity index (χ1v) is 6.70. The quantitative estimate of drug-likeness (QED) is 0.820. The molecule has 0 amide bonds. The fourth-order valence-electron chi connectivity index (χ4n) is 2.46. The van der Waals surface area contributed by atoms with E-state index in [1.54, 1.807) is 12.1 Å². The van der Waals surface area contributed by atoms with Crippen molar-refractivity contribution >= 4 is 11.6 Å². The largest absolute Gasteiger partial charge is 0.388 e. The van der Waals surface area contributed by atoms with Crippen LogP contribution < -0.4 is 0 Å². The number of hydrogen-bond acceptors (Lipinski definition) is 1. The van der Waals surface area contributed by atoms with E-state index in [1.807, 2.05) is 0 Å². The minimum atomic E-state index is -0.837. The number of rotatable bonds is 4. The highest BCUT2D eigenvalue weighted by Gasteiger charge is 2.22. The Bertz CT molecular complexity index is 378. The Labute approximate surface area is 114 Å². The summed E-state index contributed by atoms with van der Waals surface area (Å²) in [6.07, 6.45) is 0.671. The average Bonchev–Trinajstić information content (AvgIpc) is 2.13. The lowest BCUT2D eigenvalue weighted by molar-refractivity contribution is 0.130. The number of halogens is 2. The van der Waals surface area contributed by atoms with Gasteiger partial charge in [-0.3, -0.25) is 0 Å². The maximum Gasteiger partial charge on any atom is 0.130 e. The Morgan fingerprint density at radius 2 is 1.94 bits per heavy atom. The summed E-state index contributed by atoms with van der Waals surface area (Å²) >= 11 is 5.94. The van der Waals surface area contributed by atoms with Gasteiger partial charge < -0.3 is 5.11 Å². The average molecular weight is 273 g/mol. The van der Waals surface area contributed by atoms with Crippen molar-refractivity contribution in [2.45, 2.75) is 46.6 Å². The van der Waals surface area contributed by atoms with Crippen molar-refractivity contribution in [2.75, 3.05) is 0 Å². The van der Waals surface area contributed by atoms with Crippen LogP contribution in [0.3, 0.4) is 0 Å². The molecule has 1 aromatic carbocycles. The highest BCUT2D eigenvalue weighted by Crippen LogP contribution is 2.33. The summed E-state index contributed by atoms with van der Waals surface area (Å²) in [5.74, 6) is -0.117. The number of aliphatic hydroxyl groups is 1. The standard InChI is InChI=1S/C15H22ClFO/c1-10(9-15(2,3)4)8-13(18)14-11(16)6-5-7-12(14)17/h5-7,10,13,18H,8-9H2,1-4H3. The summed E-state index contributed by atoms with van der Waals surface area (Å²) in [4.78, 5) is 0. The van der Waals surface area contributed by atoms with Gasteiger partial charge in [0.25, 0.3) is 0 Å². The van der Waals surface area contributed by atoms with Crippen molar-refractivity contribution < 1.29 is 9.50 Å². The Hall–Kier alpha value is -0.600. The molecule has 0 aliphatic carbocycles. The van der Waals surface area contributed by atoms with E-state index in [1.165, 1.54) is 6.07 Å². The van der Waals surface area contributed by atoms with Crippen molar-refractivity contribution in [1.82, 2.24) is 0 Å². The van der Waals surface area contributed by atoms with Crippen molar-refractivity contribution in [3.63, 3.8) is 0 Å². The molecule has 0 saturated carbocycles. The van der Waals surface area contributed by atoms with Crippen molar-refractivity contribution in [3.05, 3.63) is 34.6 Å². The van der Waals surface area contributed by atoms with E-state index in [0.29, 0.717) is 17.4 Å². The molecule has 0 aromatic heterocycles. The smallest absolute Gasteiger partial charge is 0.130 e. The third-order valence-corrected chi connectivity index (χ3v) is 3.25. The number of benzene rings is 1. The summed E-state index contributed by atoms with van der Waals surface area (Å²) in [6, 6.07) is 4.49. The zero-order valence-corrected chi connectivity index (χ0v) is 12.3. The summed E-state index contributed by atoms with van der Waals surface area (Å²) in [7, 11) is 0. The second-order valence-electron chi connectivity index (χ2n) is 6.26. The third kappa shape index (κ3) is 4.58. The first-order chi connectivity index (χ1) is 8.20. The molecular weight excluding hydrogens is 251 g/mol. The van der Waals surface area contributed by atoms with Gasteiger partial charge in [0.2, 0.25) is 0 Å². The van der Waals surface area contributed by atoms with E-state index in [0.717, 1.165) is 6.42 Å². The highest BCUT2D eigenvalue weighted by atomic mass is 35.5. The summed E-state index contributed by atoms with van der Waals surface area (Å²) in [5.41, 5.74) is 0.429. The molecular formula is C15H22ClFO. The van der Waals surface area contributed by atoms with Gasteiger partial charge in [-0.2, -0.15) is 0 Å². The van der Waals surface area contributed by atoms with Gasteiger partial charge in [-0.15, -0.1) is 0 Å². The first kappa shape index (κ1) is 15.5. The molecule has 1 N–H and O–H groups in total. The lowest BCUT2D eigenvalue weighted by atomic mass is 9.82. The second kappa shape index (κ2) is 6.03. The zero-order valence-electron chi connectivity index (χ0n) is 11.5. The Kier molecular flexibility index (Phi) is 5.18. The van der Waals surface area contributed by atoms with E-state index < -0.39 is 11.9 Å². The maximum atomic E-state index is 13.6. The molecule has 1 rings (SSSR count). The normalized spacial score (nSPS) is 15.5. The molecule has 0 fully saturated rings. The van der Waals surface area contributed by atoms with E-state index in [2.05, 4.69) is 27.7 Å². The van der Waals surface area contributed by atoms with E-state index >= 15 is 0 Å². The minimum Gasteiger partial charge on any atom is -0.388 e. The van der Waals surface area contributed by atoms with Gasteiger partial charge in [0.1, 0.15) is 5.82 Å². The molecule has 0 bridgehead atoms. The molecule has 102 valence electrons. The van der Waals surface area contributed by atoms with E-state index in [4.69, 9.17) is 11.6 Å². The molecule has 18 heavy (non-hydrogen) atoms. The van der Waals surface area contributed by atoms with Crippen molar-refractivity contribution in [3.8, 4) is 0 Å². The van der Waals surface area contributed by atoms with Crippen LogP contribution in [-0.4, -0.2) is 5.11 Å². The molecule has 0 saturated heterocycles. The van der Waals surface area contributed by atoms with Crippen LogP contribution in [0.1, 0.15) is 52.2 Å². The number of aliphatic hydroxyl groups excluding tert-OH is 1. The van der Waals surface area contributed by atoms with Gasteiger partial charge in [-0.05, 0) is 36.3 Å². The predicted octanol–water partition coefficient (Wildman–Crippen LogP) is 4.97. The number of hydrogen-bond donors (Lipinski definition) is 1. The molecule has 0 aliphatic heterocycles. The van der Waals surface area contributed by atoms with Crippen LogP contribution in [0, 0.1) is 17.2 Å². The molecule has 3 heteroatoms. The molecule has 0 radical (unpaired) electrons. The van der Waals surface area contributed by atoms with Crippen LogP contribution in [0.2, 0.25) is 5.02 Å². The maximum absolute atomic E-state index is 13.6. The van der Waals surface area contributed by atoms with Gasteiger partial charge in [-0.25, -0.2) is 4.39 Å². The highest BCUT2D eigenvalue weighted by molar-refractivity contribution is 6.31. The molecule has 0 aliphatic rings. The molecule has 2 atom stereocenters. The lowest BCUT2D eigenvalue weighted by Gasteiger charge is -2.25. The Morgan fingerprint density at radius 3 is 2.44 bits per heavy atom. The van der Waals surface area contributed by atoms with Crippen molar-refractivity contribution in [1.29, 1.82) is 0 Å². The second-order valence-corrected chi connectivity index (χ2v) is 6.66. The Morgan fingerprint density at radius 1 is 1.33 bits per heavy atom. The van der Waals surface area contributed by atoms with E-state index in [9.17, 15) is 9.50 Å². The fraction of sp³-hybridized carbons (Fsp3) is 0.600. The minimum absolute atomic E-state index is 0.207. The zero-order chi connectivity index (χ0) is 13.9. The van der Waals surface area contributed by atoms with Crippen molar-refractivity contribution in [2.24, 2.45) is 11.3 Å². The SMILES string of the molecule is CC(CC(O)c1c(F)cccc1Cl)CC(C)(C)C. The van der Waals surface area contributed by atoms with Gasteiger partial charge in [0.05, 0.1) is 6.10 Å². The van der Waals surface area contributed by atoms with Gasteiger partial charge in [0.15, 0.2) is 0 Å². The molecule has 1 aromatic rings. The van der Waals surface area contributed by atoms with Crippen LogP contribution in [0.4, 0.5) is 4.39 Å². The van der Waals surface area contributed by atoms with Gasteiger partial charge in [0, 0.05) is 10.6 Å². The fourth-order valence-corrected chi connectivity index (χ4v) is 2.75. The van der Waals surface area contributed by atoms with Gasteiger partial charge >= 0.3 is 0 Å². The third-order valence-electron chi connectivity index (χ3n) is 2.92. The first-order valence-electron chi connectivity index (χ1n) is 6.32. The summed E-state index contributed by atoms with van der Waals surface area (Å²) in [6.45, 7) is 8.55. The van der Waals surface area contributed by atoms with Crippen LogP contribution in [-0.2, 0) is 0 Å². The molecule has 0 spiro atoms. The molecule has 0 heterocycles. The molecule has 2 unspecified atom stereocenters. The molecule has 1 nitrogen and oxygen atoms in total. The van der Waals surface area contributed by atoms with Gasteiger partial charge in [-0.1, -0.05) is 45.4 Å². The van der Waals surface area contributed by atoms with Crippen LogP contribution in [0.25, 0.3) is 0 Å². The summed E-state index contributed by atoms with van der Waals surface area (Å²) < 4.78 is 13.6. The predicted molar refractivity (Wildman–Crippen MR) is 74.2 cm³/mol. The Balaban J connectivity index is 2.74. The lowest BCUT2D eigenvalue weighted by Crippen LogP contribution is -2.14. The van der Waals surface area contributed by atoms with E-state index in [-0.39, 0.29) is 11.0 Å². The summed E-state index contributed by atoms with van der Waals surface area (Å²) in [5, 5.41) is 10.4.